The molecule has 2 aromatic rings. The van der Waals surface area contributed by atoms with Crippen molar-refractivity contribution >= 4 is 5.97 Å². The highest BCUT2D eigenvalue weighted by Gasteiger charge is 2.35. The number of aliphatic carboxylic acids is 1. The number of carboxylic acids is 1. The molecule has 2 N–H and O–H groups in total. The average Bonchev–Trinajstić information content (AvgIpc) is 2.74. The molecule has 154 valence electrons. The number of para-hydroxylation sites is 2. The maximum atomic E-state index is 10.6. The molecule has 1 saturated heterocycles. The zero-order chi connectivity index (χ0) is 20.6. The lowest BCUT2D eigenvalue weighted by molar-refractivity contribution is -0.244. The fourth-order valence-corrected chi connectivity index (χ4v) is 3.45. The van der Waals surface area contributed by atoms with Gasteiger partial charge in [0.1, 0.15) is 11.5 Å². The quantitative estimate of drug-likeness (QED) is 0.632. The number of methoxy groups -OCH3 is 1. The number of ether oxygens (including phenoxy) is 3. The number of phenolic OH excluding ortho intramolecular Hbond substituents is 1. The first-order chi connectivity index (χ1) is 14.1. The fraction of sp³-hybridized carbons (Fsp3) is 0.348. The molecule has 6 heteroatoms. The highest BCUT2D eigenvalue weighted by molar-refractivity contribution is 5.66. The number of aromatic hydroxyl groups is 1. The van der Waals surface area contributed by atoms with Crippen molar-refractivity contribution in [2.45, 2.75) is 31.7 Å². The van der Waals surface area contributed by atoms with Crippen molar-refractivity contribution in [3.63, 3.8) is 0 Å². The van der Waals surface area contributed by atoms with Gasteiger partial charge in [0.05, 0.1) is 19.8 Å². The molecule has 6 nitrogen and oxygen atoms in total. The largest absolute Gasteiger partial charge is 0.508 e. The monoisotopic (exact) mass is 398 g/mol. The van der Waals surface area contributed by atoms with E-state index in [-0.39, 0.29) is 24.2 Å². The molecule has 29 heavy (non-hydrogen) atoms. The molecule has 0 bridgehead atoms. The van der Waals surface area contributed by atoms with Gasteiger partial charge in [0, 0.05) is 23.5 Å². The Morgan fingerprint density at radius 2 is 1.86 bits per heavy atom. The Bertz CT molecular complexity index is 847. The summed E-state index contributed by atoms with van der Waals surface area (Å²) >= 11 is 0. The van der Waals surface area contributed by atoms with Crippen molar-refractivity contribution in [3.05, 3.63) is 71.8 Å². The number of hydrogen-bond donors (Lipinski definition) is 2. The van der Waals surface area contributed by atoms with Crippen molar-refractivity contribution in [2.75, 3.05) is 13.7 Å². The zero-order valence-corrected chi connectivity index (χ0v) is 16.4. The van der Waals surface area contributed by atoms with Gasteiger partial charge in [-0.05, 0) is 25.0 Å². The molecule has 3 atom stereocenters. The summed E-state index contributed by atoms with van der Waals surface area (Å²) in [6.07, 6.45) is 4.07. The van der Waals surface area contributed by atoms with E-state index in [1.807, 2.05) is 48.6 Å². The predicted molar refractivity (Wildman–Crippen MR) is 108 cm³/mol. The molecule has 0 aromatic heterocycles. The molecule has 1 fully saturated rings. The van der Waals surface area contributed by atoms with E-state index >= 15 is 0 Å². The summed E-state index contributed by atoms with van der Waals surface area (Å²) in [6.45, 7) is 0.436. The first kappa shape index (κ1) is 20.9. The van der Waals surface area contributed by atoms with Crippen LogP contribution >= 0.6 is 0 Å². The molecule has 3 rings (SSSR count). The van der Waals surface area contributed by atoms with Gasteiger partial charge in [-0.25, -0.2) is 0 Å². The summed E-state index contributed by atoms with van der Waals surface area (Å²) in [7, 11) is 1.60. The van der Waals surface area contributed by atoms with Crippen LogP contribution in [-0.4, -0.2) is 29.9 Å². The van der Waals surface area contributed by atoms with Crippen LogP contribution in [0, 0.1) is 5.92 Å². The minimum atomic E-state index is -0.814. The van der Waals surface area contributed by atoms with Crippen LogP contribution in [0.15, 0.2) is 60.7 Å². The Morgan fingerprint density at radius 3 is 2.59 bits per heavy atom. The van der Waals surface area contributed by atoms with Gasteiger partial charge >= 0.3 is 5.97 Å². The number of phenols is 1. The molecular formula is C23H26O6. The van der Waals surface area contributed by atoms with Gasteiger partial charge in [-0.1, -0.05) is 48.6 Å². The number of carboxylic acid groups (broad SMARTS) is 1. The van der Waals surface area contributed by atoms with Crippen LogP contribution in [0.4, 0.5) is 0 Å². The summed E-state index contributed by atoms with van der Waals surface area (Å²) in [6, 6.07) is 14.7. The third-order valence-corrected chi connectivity index (χ3v) is 4.93. The molecule has 0 spiro atoms. The van der Waals surface area contributed by atoms with Crippen LogP contribution in [0.2, 0.25) is 0 Å². The number of hydrogen-bond acceptors (Lipinski definition) is 5. The van der Waals surface area contributed by atoms with E-state index in [0.717, 1.165) is 5.56 Å². The van der Waals surface area contributed by atoms with Crippen molar-refractivity contribution in [2.24, 2.45) is 5.92 Å². The first-order valence-electron chi connectivity index (χ1n) is 9.64. The second-order valence-electron chi connectivity index (χ2n) is 6.92. The molecule has 3 unspecified atom stereocenters. The topological polar surface area (TPSA) is 85.2 Å². The molecule has 2 aromatic carbocycles. The Hall–Kier alpha value is -2.83. The molecule has 1 aliphatic heterocycles. The number of carbonyl (C=O) groups is 1. The van der Waals surface area contributed by atoms with E-state index in [9.17, 15) is 9.90 Å². The maximum Gasteiger partial charge on any atom is 0.303 e. The fourth-order valence-electron chi connectivity index (χ4n) is 3.45. The Labute approximate surface area is 170 Å². The molecule has 0 aliphatic carbocycles. The first-order valence-corrected chi connectivity index (χ1v) is 9.64. The zero-order valence-electron chi connectivity index (χ0n) is 16.4. The summed E-state index contributed by atoms with van der Waals surface area (Å²) in [5, 5.41) is 19.1. The smallest absolute Gasteiger partial charge is 0.303 e. The van der Waals surface area contributed by atoms with Crippen LogP contribution in [-0.2, 0) is 14.3 Å². The van der Waals surface area contributed by atoms with Gasteiger partial charge in [-0.15, -0.1) is 0 Å². The molecular weight excluding hydrogens is 372 g/mol. The van der Waals surface area contributed by atoms with Crippen LogP contribution in [0.5, 0.6) is 11.5 Å². The highest BCUT2D eigenvalue weighted by atomic mass is 16.7. The predicted octanol–water partition coefficient (Wildman–Crippen LogP) is 4.61. The van der Waals surface area contributed by atoms with Crippen molar-refractivity contribution in [1.82, 2.24) is 0 Å². The number of benzene rings is 2. The van der Waals surface area contributed by atoms with E-state index < -0.39 is 12.3 Å². The lowest BCUT2D eigenvalue weighted by Crippen LogP contribution is -2.30. The highest BCUT2D eigenvalue weighted by Crippen LogP contribution is 2.44. The average molecular weight is 398 g/mol. The van der Waals surface area contributed by atoms with E-state index in [2.05, 4.69) is 0 Å². The van der Waals surface area contributed by atoms with Crippen LogP contribution in [0.25, 0.3) is 0 Å². The lowest BCUT2D eigenvalue weighted by atomic mass is 9.91. The van der Waals surface area contributed by atoms with Gasteiger partial charge in [-0.3, -0.25) is 4.79 Å². The summed E-state index contributed by atoms with van der Waals surface area (Å²) in [4.78, 5) is 10.6. The maximum absolute atomic E-state index is 10.6. The molecule has 1 aliphatic rings. The Kier molecular flexibility index (Phi) is 7.27. The van der Waals surface area contributed by atoms with E-state index in [1.54, 1.807) is 19.2 Å². The second-order valence-corrected chi connectivity index (χ2v) is 6.92. The molecule has 0 amide bonds. The SMILES string of the molecule is COc1ccccc1C1OCC(CC=CCCC(=O)O)C(c2ccccc2O)O1. The molecule has 0 saturated carbocycles. The van der Waals surface area contributed by atoms with Gasteiger partial charge < -0.3 is 24.4 Å². The van der Waals surface area contributed by atoms with E-state index in [0.29, 0.717) is 30.8 Å². The number of allylic oxidation sites excluding steroid dienone is 2. The van der Waals surface area contributed by atoms with Gasteiger partial charge in [0.25, 0.3) is 0 Å². The Balaban J connectivity index is 1.79. The summed E-state index contributed by atoms with van der Waals surface area (Å²) < 4.78 is 17.7. The summed E-state index contributed by atoms with van der Waals surface area (Å²) in [5.74, 6) is 0.0274. The van der Waals surface area contributed by atoms with Crippen molar-refractivity contribution in [1.29, 1.82) is 0 Å². The normalized spacial score (nSPS) is 21.9. The van der Waals surface area contributed by atoms with Gasteiger partial charge in [0.2, 0.25) is 0 Å². The third-order valence-electron chi connectivity index (χ3n) is 4.93. The van der Waals surface area contributed by atoms with Crippen LogP contribution in [0.1, 0.15) is 42.8 Å². The third kappa shape index (κ3) is 5.37. The van der Waals surface area contributed by atoms with Crippen molar-refractivity contribution in [3.8, 4) is 11.5 Å². The standard InChI is InChI=1S/C23H26O6/c1-27-20-13-8-6-11-18(20)23-28-15-16(9-3-2-4-14-21(25)26)22(29-23)17-10-5-7-12-19(17)24/h2-3,5-8,10-13,16,22-24H,4,9,14-15H2,1H3,(H,25,26). The molecule has 1 heterocycles. The van der Waals surface area contributed by atoms with Gasteiger partial charge in [0.15, 0.2) is 6.29 Å². The van der Waals surface area contributed by atoms with E-state index in [4.69, 9.17) is 19.3 Å². The van der Waals surface area contributed by atoms with Crippen molar-refractivity contribution < 1.29 is 29.2 Å². The summed E-state index contributed by atoms with van der Waals surface area (Å²) in [5.41, 5.74) is 1.51. The van der Waals surface area contributed by atoms with Crippen LogP contribution < -0.4 is 4.74 Å². The van der Waals surface area contributed by atoms with Crippen LogP contribution in [0.3, 0.4) is 0 Å². The second kappa shape index (κ2) is 10.1. The van der Waals surface area contributed by atoms with Gasteiger partial charge in [-0.2, -0.15) is 0 Å². The minimum absolute atomic E-state index is 0.0182. The lowest BCUT2D eigenvalue weighted by Gasteiger charge is -2.37. The number of rotatable bonds is 8. The van der Waals surface area contributed by atoms with E-state index in [1.165, 1.54) is 0 Å². The minimum Gasteiger partial charge on any atom is -0.508 e. The molecule has 0 radical (unpaired) electrons. The Morgan fingerprint density at radius 1 is 1.14 bits per heavy atom.